The second-order valence-corrected chi connectivity index (χ2v) is 6.21. The molecule has 1 amide bonds. The van der Waals surface area contributed by atoms with Crippen LogP contribution in [0, 0.1) is 0 Å². The number of carbonyl (C=O) groups is 1. The highest BCUT2D eigenvalue weighted by Gasteiger charge is 2.29. The van der Waals surface area contributed by atoms with Gasteiger partial charge in [0.25, 0.3) is 0 Å². The topological polar surface area (TPSA) is 58.6 Å². The Morgan fingerprint density at radius 2 is 2.05 bits per heavy atom. The van der Waals surface area contributed by atoms with Crippen molar-refractivity contribution in [2.24, 2.45) is 0 Å². The van der Waals surface area contributed by atoms with E-state index in [1.165, 1.54) is 0 Å². The standard InChI is InChI=1S/C14H21NO3S/c1-14(2,19-3)12(9-16)15-13(17)18-10-11-7-5-4-6-8-11/h4-8,12,16H,9-10H2,1-3H3,(H,15,17)/t12-/m1/s1. The summed E-state index contributed by atoms with van der Waals surface area (Å²) in [6, 6.07) is 9.14. The molecule has 106 valence electrons. The average Bonchev–Trinajstić information content (AvgIpc) is 2.43. The SMILES string of the molecule is CSC(C)(C)[C@@H](CO)NC(=O)OCc1ccccc1. The molecule has 0 fully saturated rings. The second-order valence-electron chi connectivity index (χ2n) is 4.75. The Bertz CT molecular complexity index is 395. The fraction of sp³-hybridized carbons (Fsp3) is 0.500. The lowest BCUT2D eigenvalue weighted by Crippen LogP contribution is -2.49. The van der Waals surface area contributed by atoms with E-state index in [9.17, 15) is 9.90 Å². The van der Waals surface area contributed by atoms with Gasteiger partial charge < -0.3 is 15.2 Å². The minimum Gasteiger partial charge on any atom is -0.445 e. The molecule has 0 heterocycles. The molecule has 0 radical (unpaired) electrons. The van der Waals surface area contributed by atoms with E-state index in [0.29, 0.717) is 0 Å². The van der Waals surface area contributed by atoms with Crippen LogP contribution in [0.4, 0.5) is 4.79 Å². The molecule has 0 saturated heterocycles. The van der Waals surface area contributed by atoms with Gasteiger partial charge in [0, 0.05) is 4.75 Å². The normalized spacial score (nSPS) is 12.8. The molecule has 5 heteroatoms. The highest BCUT2D eigenvalue weighted by atomic mass is 32.2. The molecule has 1 atom stereocenters. The summed E-state index contributed by atoms with van der Waals surface area (Å²) in [6.45, 7) is 4.05. The zero-order valence-corrected chi connectivity index (χ0v) is 12.4. The van der Waals surface area contributed by atoms with Gasteiger partial charge in [-0.2, -0.15) is 11.8 Å². The van der Waals surface area contributed by atoms with Gasteiger partial charge in [-0.05, 0) is 25.7 Å². The number of alkyl carbamates (subject to hydrolysis) is 1. The zero-order valence-electron chi connectivity index (χ0n) is 11.6. The van der Waals surface area contributed by atoms with Gasteiger partial charge in [0.05, 0.1) is 12.6 Å². The van der Waals surface area contributed by atoms with Gasteiger partial charge in [0.1, 0.15) is 6.61 Å². The molecule has 0 aliphatic carbocycles. The molecular weight excluding hydrogens is 262 g/mol. The number of amides is 1. The number of hydrogen-bond donors (Lipinski definition) is 2. The first-order valence-corrected chi connectivity index (χ1v) is 7.35. The molecule has 2 N–H and O–H groups in total. The van der Waals surface area contributed by atoms with Crippen LogP contribution in [0.25, 0.3) is 0 Å². The molecule has 1 aromatic rings. The van der Waals surface area contributed by atoms with Crippen LogP contribution in [-0.2, 0) is 11.3 Å². The number of hydrogen-bond acceptors (Lipinski definition) is 4. The number of carbonyl (C=O) groups excluding carboxylic acids is 1. The van der Waals surface area contributed by atoms with Crippen LogP contribution < -0.4 is 5.32 Å². The Balaban J connectivity index is 2.46. The van der Waals surface area contributed by atoms with E-state index in [-0.39, 0.29) is 24.0 Å². The van der Waals surface area contributed by atoms with Crippen molar-refractivity contribution in [2.75, 3.05) is 12.9 Å². The van der Waals surface area contributed by atoms with Crippen LogP contribution in [-0.4, -0.2) is 34.9 Å². The van der Waals surface area contributed by atoms with Gasteiger partial charge in [-0.25, -0.2) is 4.79 Å². The Kier molecular flexibility index (Phi) is 6.18. The van der Waals surface area contributed by atoms with E-state index in [1.54, 1.807) is 11.8 Å². The number of nitrogens with one attached hydrogen (secondary N) is 1. The summed E-state index contributed by atoms with van der Waals surface area (Å²) in [5, 5.41) is 12.0. The van der Waals surface area contributed by atoms with Gasteiger partial charge in [-0.15, -0.1) is 0 Å². The largest absolute Gasteiger partial charge is 0.445 e. The van der Waals surface area contributed by atoms with E-state index in [0.717, 1.165) is 5.56 Å². The van der Waals surface area contributed by atoms with Crippen LogP contribution >= 0.6 is 11.8 Å². The van der Waals surface area contributed by atoms with Crippen molar-refractivity contribution in [2.45, 2.75) is 31.2 Å². The summed E-state index contributed by atoms with van der Waals surface area (Å²) in [6.07, 6.45) is 1.43. The maximum Gasteiger partial charge on any atom is 0.407 e. The summed E-state index contributed by atoms with van der Waals surface area (Å²) in [5.41, 5.74) is 0.933. The van der Waals surface area contributed by atoms with Crippen LogP contribution in [0.1, 0.15) is 19.4 Å². The predicted molar refractivity (Wildman–Crippen MR) is 78.2 cm³/mol. The molecule has 0 saturated carbocycles. The summed E-state index contributed by atoms with van der Waals surface area (Å²) in [4.78, 5) is 11.7. The molecule has 0 bridgehead atoms. The van der Waals surface area contributed by atoms with Crippen molar-refractivity contribution in [1.82, 2.24) is 5.32 Å². The van der Waals surface area contributed by atoms with Gasteiger partial charge in [-0.1, -0.05) is 30.3 Å². The second kappa shape index (κ2) is 7.40. The van der Waals surface area contributed by atoms with Crippen LogP contribution in [0.2, 0.25) is 0 Å². The summed E-state index contributed by atoms with van der Waals surface area (Å²) < 4.78 is 4.88. The lowest BCUT2D eigenvalue weighted by atomic mass is 10.0. The highest BCUT2D eigenvalue weighted by molar-refractivity contribution is 8.00. The molecule has 4 nitrogen and oxygen atoms in total. The van der Waals surface area contributed by atoms with E-state index in [1.807, 2.05) is 50.4 Å². The van der Waals surface area contributed by atoms with Gasteiger partial charge in [0.15, 0.2) is 0 Å². The Morgan fingerprint density at radius 3 is 2.58 bits per heavy atom. The van der Waals surface area contributed by atoms with Crippen molar-refractivity contribution in [3.63, 3.8) is 0 Å². The van der Waals surface area contributed by atoms with Crippen molar-refractivity contribution < 1.29 is 14.6 Å². The number of aliphatic hydroxyl groups is 1. The first kappa shape index (κ1) is 15.9. The minimum absolute atomic E-state index is 0.117. The van der Waals surface area contributed by atoms with Crippen LogP contribution in [0.15, 0.2) is 30.3 Å². The molecule has 1 rings (SSSR count). The molecular formula is C14H21NO3S. The van der Waals surface area contributed by atoms with Gasteiger partial charge in [0.2, 0.25) is 0 Å². The molecule has 19 heavy (non-hydrogen) atoms. The van der Waals surface area contributed by atoms with E-state index in [2.05, 4.69) is 5.32 Å². The number of benzene rings is 1. The molecule has 0 spiro atoms. The highest BCUT2D eigenvalue weighted by Crippen LogP contribution is 2.25. The first-order chi connectivity index (χ1) is 8.99. The van der Waals surface area contributed by atoms with E-state index < -0.39 is 6.09 Å². The van der Waals surface area contributed by atoms with Gasteiger partial charge >= 0.3 is 6.09 Å². The predicted octanol–water partition coefficient (Wildman–Crippen LogP) is 2.42. The van der Waals surface area contributed by atoms with Crippen molar-refractivity contribution in [1.29, 1.82) is 0 Å². The maximum atomic E-state index is 11.7. The van der Waals surface area contributed by atoms with Gasteiger partial charge in [-0.3, -0.25) is 0 Å². The first-order valence-electron chi connectivity index (χ1n) is 6.13. The third-order valence-electron chi connectivity index (χ3n) is 3.05. The quantitative estimate of drug-likeness (QED) is 0.842. The molecule has 0 aliphatic rings. The molecule has 1 aromatic carbocycles. The third-order valence-corrected chi connectivity index (χ3v) is 4.39. The Labute approximate surface area is 118 Å². The third kappa shape index (κ3) is 5.12. The minimum atomic E-state index is -0.509. The van der Waals surface area contributed by atoms with Crippen molar-refractivity contribution >= 4 is 17.9 Å². The summed E-state index contributed by atoms with van der Waals surface area (Å²) in [7, 11) is 0. The monoisotopic (exact) mass is 283 g/mol. The number of ether oxygens (including phenoxy) is 1. The number of thioether (sulfide) groups is 1. The number of aliphatic hydroxyl groups excluding tert-OH is 1. The summed E-state index contributed by atoms with van der Waals surface area (Å²) >= 11 is 1.59. The zero-order chi connectivity index (χ0) is 14.3. The fourth-order valence-corrected chi connectivity index (χ4v) is 1.91. The lowest BCUT2D eigenvalue weighted by molar-refractivity contribution is 0.125. The van der Waals surface area contributed by atoms with E-state index >= 15 is 0 Å². The number of rotatable bonds is 6. The van der Waals surface area contributed by atoms with Crippen LogP contribution in [0.5, 0.6) is 0 Å². The molecule has 0 unspecified atom stereocenters. The van der Waals surface area contributed by atoms with Crippen molar-refractivity contribution in [3.8, 4) is 0 Å². The smallest absolute Gasteiger partial charge is 0.407 e. The Morgan fingerprint density at radius 1 is 1.42 bits per heavy atom. The van der Waals surface area contributed by atoms with Crippen LogP contribution in [0.3, 0.4) is 0 Å². The Hall–Kier alpha value is -1.20. The molecule has 0 aliphatic heterocycles. The van der Waals surface area contributed by atoms with E-state index in [4.69, 9.17) is 4.74 Å². The summed E-state index contributed by atoms with van der Waals surface area (Å²) in [5.74, 6) is 0. The lowest BCUT2D eigenvalue weighted by Gasteiger charge is -2.31. The molecule has 0 aromatic heterocycles. The maximum absolute atomic E-state index is 11.7. The average molecular weight is 283 g/mol. The fourth-order valence-electron chi connectivity index (χ4n) is 1.49. The van der Waals surface area contributed by atoms with Crippen molar-refractivity contribution in [3.05, 3.63) is 35.9 Å².